The highest BCUT2D eigenvalue weighted by atomic mass is 16.5. The van der Waals surface area contributed by atoms with E-state index >= 15 is 0 Å². The Morgan fingerprint density at radius 2 is 1.87 bits per heavy atom. The molecule has 2 amide bonds. The third-order valence-electron chi connectivity index (χ3n) is 4.49. The molecule has 9 heteroatoms. The summed E-state index contributed by atoms with van der Waals surface area (Å²) in [6.45, 7) is 0. The van der Waals surface area contributed by atoms with Crippen LogP contribution in [-0.2, 0) is 11.2 Å². The second-order valence-electron chi connectivity index (χ2n) is 6.71. The lowest BCUT2D eigenvalue weighted by Gasteiger charge is -2.18. The predicted octanol–water partition coefficient (Wildman–Crippen LogP) is 2.60. The maximum absolute atomic E-state index is 13.0. The number of carbonyl (C=O) groups excluding carboxylic acids is 2. The van der Waals surface area contributed by atoms with E-state index in [1.54, 1.807) is 30.3 Å². The van der Waals surface area contributed by atoms with Crippen LogP contribution in [0.25, 0.3) is 11.4 Å². The topological polar surface area (TPSA) is 130 Å². The molecular formula is C22H18N4O5. The quantitative estimate of drug-likeness (QED) is 0.423. The molecule has 0 aliphatic carbocycles. The maximum atomic E-state index is 13.0. The summed E-state index contributed by atoms with van der Waals surface area (Å²) in [7, 11) is 0. The van der Waals surface area contributed by atoms with Crippen molar-refractivity contribution in [1.29, 1.82) is 0 Å². The lowest BCUT2D eigenvalue weighted by Crippen LogP contribution is -2.45. The summed E-state index contributed by atoms with van der Waals surface area (Å²) in [5.41, 5.74) is 1.91. The summed E-state index contributed by atoms with van der Waals surface area (Å²) in [5, 5.41) is 9.16. The fraction of sp³-hybridized carbons (Fsp3) is 0.0909. The number of furan rings is 1. The van der Waals surface area contributed by atoms with Crippen LogP contribution in [0.15, 0.2) is 86.7 Å². The van der Waals surface area contributed by atoms with Crippen LogP contribution in [0.2, 0.25) is 0 Å². The molecule has 0 radical (unpaired) electrons. The molecule has 1 atom stereocenters. The molecule has 4 rings (SSSR count). The van der Waals surface area contributed by atoms with Gasteiger partial charge in [-0.1, -0.05) is 47.6 Å². The number of rotatable bonds is 7. The first kappa shape index (κ1) is 19.9. The molecule has 31 heavy (non-hydrogen) atoms. The van der Waals surface area contributed by atoms with Crippen molar-refractivity contribution >= 4 is 17.5 Å². The fourth-order valence-corrected chi connectivity index (χ4v) is 3.02. The molecule has 0 bridgehead atoms. The van der Waals surface area contributed by atoms with Gasteiger partial charge in [-0.2, -0.15) is 0 Å². The largest absolute Gasteiger partial charge is 0.459 e. The number of aromatic amines is 1. The van der Waals surface area contributed by atoms with Gasteiger partial charge in [-0.25, -0.2) is 4.79 Å². The van der Waals surface area contributed by atoms with Crippen molar-refractivity contribution in [3.8, 4) is 11.4 Å². The number of hydrogen-bond donors (Lipinski definition) is 3. The summed E-state index contributed by atoms with van der Waals surface area (Å²) in [5.74, 6) is -1.21. The van der Waals surface area contributed by atoms with E-state index in [-0.39, 0.29) is 18.0 Å². The van der Waals surface area contributed by atoms with Crippen molar-refractivity contribution in [3.05, 3.63) is 94.9 Å². The van der Waals surface area contributed by atoms with E-state index < -0.39 is 23.6 Å². The van der Waals surface area contributed by atoms with Gasteiger partial charge in [0.2, 0.25) is 5.91 Å². The predicted molar refractivity (Wildman–Crippen MR) is 111 cm³/mol. The molecule has 0 fully saturated rings. The molecule has 0 saturated heterocycles. The highest BCUT2D eigenvalue weighted by Crippen LogP contribution is 2.19. The van der Waals surface area contributed by atoms with Crippen molar-refractivity contribution in [2.75, 3.05) is 5.32 Å². The second kappa shape index (κ2) is 8.95. The van der Waals surface area contributed by atoms with Crippen LogP contribution in [0.5, 0.6) is 0 Å². The Kier molecular flexibility index (Phi) is 5.75. The molecule has 156 valence electrons. The summed E-state index contributed by atoms with van der Waals surface area (Å²) in [4.78, 5) is 39.1. The molecule has 4 aromatic rings. The zero-order chi connectivity index (χ0) is 21.6. The minimum absolute atomic E-state index is 0.114. The third-order valence-corrected chi connectivity index (χ3v) is 4.49. The minimum atomic E-state index is -0.851. The van der Waals surface area contributed by atoms with Gasteiger partial charge >= 0.3 is 5.76 Å². The fourth-order valence-electron chi connectivity index (χ4n) is 3.02. The molecular weight excluding hydrogens is 400 g/mol. The van der Waals surface area contributed by atoms with Gasteiger partial charge in [-0.15, -0.1) is 0 Å². The Labute approximate surface area is 176 Å². The average Bonchev–Trinajstić information content (AvgIpc) is 3.46. The maximum Gasteiger partial charge on any atom is 0.439 e. The van der Waals surface area contributed by atoms with E-state index in [9.17, 15) is 14.4 Å². The first-order valence-electron chi connectivity index (χ1n) is 9.44. The lowest BCUT2D eigenvalue weighted by atomic mass is 10.0. The second-order valence-corrected chi connectivity index (χ2v) is 6.71. The number of carbonyl (C=O) groups is 2. The van der Waals surface area contributed by atoms with Crippen LogP contribution in [0.4, 0.5) is 5.69 Å². The van der Waals surface area contributed by atoms with E-state index in [2.05, 4.69) is 25.3 Å². The molecule has 9 nitrogen and oxygen atoms in total. The van der Waals surface area contributed by atoms with Crippen molar-refractivity contribution in [2.45, 2.75) is 12.5 Å². The normalized spacial score (nSPS) is 11.6. The number of hydrogen-bond acceptors (Lipinski definition) is 6. The summed E-state index contributed by atoms with van der Waals surface area (Å²) in [6, 6.07) is 18.4. The van der Waals surface area contributed by atoms with Gasteiger partial charge in [0.25, 0.3) is 5.91 Å². The van der Waals surface area contributed by atoms with Crippen LogP contribution < -0.4 is 16.4 Å². The SMILES string of the molecule is O=C(NC(Cc1ccccc1)C(=O)Nc1cccc(-c2noc(=O)[nH]2)c1)c1ccco1. The number of aromatic nitrogens is 2. The van der Waals surface area contributed by atoms with Crippen molar-refractivity contribution in [2.24, 2.45) is 0 Å². The van der Waals surface area contributed by atoms with Crippen LogP contribution >= 0.6 is 0 Å². The van der Waals surface area contributed by atoms with Crippen LogP contribution in [0.3, 0.4) is 0 Å². The first-order valence-corrected chi connectivity index (χ1v) is 9.44. The minimum Gasteiger partial charge on any atom is -0.459 e. The third kappa shape index (κ3) is 4.96. The van der Waals surface area contributed by atoms with E-state index in [1.165, 1.54) is 12.3 Å². The monoisotopic (exact) mass is 418 g/mol. The van der Waals surface area contributed by atoms with Gasteiger partial charge in [-0.3, -0.25) is 19.1 Å². The van der Waals surface area contributed by atoms with Crippen LogP contribution in [0.1, 0.15) is 16.1 Å². The van der Waals surface area contributed by atoms with E-state index in [0.29, 0.717) is 11.3 Å². The van der Waals surface area contributed by atoms with E-state index in [0.717, 1.165) is 5.56 Å². The van der Waals surface area contributed by atoms with Gasteiger partial charge in [0.15, 0.2) is 11.6 Å². The summed E-state index contributed by atoms with van der Waals surface area (Å²) >= 11 is 0. The molecule has 0 spiro atoms. The molecule has 2 heterocycles. The van der Waals surface area contributed by atoms with Gasteiger partial charge < -0.3 is 15.1 Å². The molecule has 0 aliphatic rings. The highest BCUT2D eigenvalue weighted by Gasteiger charge is 2.23. The van der Waals surface area contributed by atoms with Crippen molar-refractivity contribution < 1.29 is 18.5 Å². The van der Waals surface area contributed by atoms with Crippen molar-refractivity contribution in [1.82, 2.24) is 15.5 Å². The Hall–Kier alpha value is -4.40. The first-order chi connectivity index (χ1) is 15.1. The van der Waals surface area contributed by atoms with Gasteiger partial charge in [0.1, 0.15) is 6.04 Å². The Bertz CT molecular complexity index is 1230. The zero-order valence-corrected chi connectivity index (χ0v) is 16.2. The van der Waals surface area contributed by atoms with E-state index in [4.69, 9.17) is 4.42 Å². The molecule has 0 saturated carbocycles. The summed E-state index contributed by atoms with van der Waals surface area (Å²) in [6.07, 6.45) is 1.68. The Balaban J connectivity index is 1.53. The number of amides is 2. The Morgan fingerprint density at radius 3 is 2.58 bits per heavy atom. The lowest BCUT2D eigenvalue weighted by molar-refractivity contribution is -0.118. The zero-order valence-electron chi connectivity index (χ0n) is 16.2. The molecule has 1 unspecified atom stereocenters. The van der Waals surface area contributed by atoms with Crippen LogP contribution in [-0.4, -0.2) is 28.0 Å². The number of H-pyrrole nitrogens is 1. The number of nitrogens with zero attached hydrogens (tertiary/aromatic N) is 1. The van der Waals surface area contributed by atoms with E-state index in [1.807, 2.05) is 30.3 Å². The standard InChI is InChI=1S/C22H18N4O5/c27-20(23-16-9-4-8-15(13-16)19-25-22(29)31-26-19)17(12-14-6-2-1-3-7-14)24-21(28)18-10-5-11-30-18/h1-11,13,17H,12H2,(H,23,27)(H,24,28)(H,25,26,29). The number of nitrogens with one attached hydrogen (secondary N) is 3. The van der Waals surface area contributed by atoms with Crippen LogP contribution in [0, 0.1) is 0 Å². The van der Waals surface area contributed by atoms with Gasteiger partial charge in [0, 0.05) is 17.7 Å². The number of benzene rings is 2. The molecule has 2 aromatic carbocycles. The number of anilines is 1. The van der Waals surface area contributed by atoms with Gasteiger partial charge in [-0.05, 0) is 29.8 Å². The molecule has 2 aromatic heterocycles. The molecule has 3 N–H and O–H groups in total. The summed E-state index contributed by atoms with van der Waals surface area (Å²) < 4.78 is 9.64. The highest BCUT2D eigenvalue weighted by molar-refractivity contribution is 6.00. The molecule has 0 aliphatic heterocycles. The van der Waals surface area contributed by atoms with Gasteiger partial charge in [0.05, 0.1) is 6.26 Å². The average molecular weight is 418 g/mol. The van der Waals surface area contributed by atoms with Crippen molar-refractivity contribution in [3.63, 3.8) is 0 Å². The smallest absolute Gasteiger partial charge is 0.439 e. The Morgan fingerprint density at radius 1 is 1.03 bits per heavy atom.